The van der Waals surface area contributed by atoms with Crippen LogP contribution in [-0.4, -0.2) is 50.3 Å². The largest absolute Gasteiger partial charge is 0.489 e. The van der Waals surface area contributed by atoms with Crippen molar-refractivity contribution in [1.82, 2.24) is 0 Å². The SMILES string of the molecule is C=C(C)C(=O)OCCOC(=O)c1ccc(-c2ccc(-c3ccc(OC(=O)C(=C)C)cc3)c(CC)c2)c(OCCOC(=O)C(=C)C)c1. The first-order chi connectivity index (χ1) is 21.9. The molecule has 0 bridgehead atoms. The normalized spacial score (nSPS) is 10.3. The van der Waals surface area contributed by atoms with Crippen molar-refractivity contribution in [2.24, 2.45) is 0 Å². The van der Waals surface area contributed by atoms with E-state index in [1.807, 2.05) is 37.3 Å². The van der Waals surface area contributed by atoms with Gasteiger partial charge >= 0.3 is 23.9 Å². The zero-order chi connectivity index (χ0) is 33.8. The Morgan fingerprint density at radius 1 is 0.609 bits per heavy atom. The molecule has 0 saturated carbocycles. The van der Waals surface area contributed by atoms with Crippen LogP contribution in [0.5, 0.6) is 11.5 Å². The smallest absolute Gasteiger partial charge is 0.338 e. The first-order valence-electron chi connectivity index (χ1n) is 14.6. The Morgan fingerprint density at radius 2 is 1.15 bits per heavy atom. The monoisotopic (exact) mass is 626 g/mol. The first-order valence-corrected chi connectivity index (χ1v) is 14.6. The molecule has 0 atom stereocenters. The molecule has 3 aromatic rings. The number of rotatable bonds is 15. The molecule has 0 aromatic heterocycles. The van der Waals surface area contributed by atoms with E-state index in [9.17, 15) is 19.2 Å². The molecule has 9 nitrogen and oxygen atoms in total. The molecule has 0 radical (unpaired) electrons. The Balaban J connectivity index is 1.86. The van der Waals surface area contributed by atoms with Crippen molar-refractivity contribution in [2.45, 2.75) is 34.1 Å². The van der Waals surface area contributed by atoms with Crippen molar-refractivity contribution in [3.8, 4) is 33.8 Å². The summed E-state index contributed by atoms with van der Waals surface area (Å²) in [4.78, 5) is 48.0. The second-order valence-electron chi connectivity index (χ2n) is 10.4. The molecular weight excluding hydrogens is 588 g/mol. The van der Waals surface area contributed by atoms with Gasteiger partial charge < -0.3 is 23.7 Å². The van der Waals surface area contributed by atoms with Crippen molar-refractivity contribution in [1.29, 1.82) is 0 Å². The van der Waals surface area contributed by atoms with E-state index in [1.54, 1.807) is 44.2 Å². The maximum Gasteiger partial charge on any atom is 0.338 e. The van der Waals surface area contributed by atoms with Gasteiger partial charge in [-0.1, -0.05) is 57.0 Å². The molecule has 0 saturated heterocycles. The molecule has 0 unspecified atom stereocenters. The number of benzene rings is 3. The van der Waals surface area contributed by atoms with Crippen LogP contribution in [0.1, 0.15) is 43.6 Å². The predicted molar refractivity (Wildman–Crippen MR) is 174 cm³/mol. The van der Waals surface area contributed by atoms with Crippen LogP contribution in [0.4, 0.5) is 0 Å². The fraction of sp³-hybridized carbons (Fsp3) is 0.243. The van der Waals surface area contributed by atoms with Crippen LogP contribution >= 0.6 is 0 Å². The van der Waals surface area contributed by atoms with Gasteiger partial charge in [-0.3, -0.25) is 0 Å². The van der Waals surface area contributed by atoms with Crippen LogP contribution in [0.3, 0.4) is 0 Å². The Morgan fingerprint density at radius 3 is 1.74 bits per heavy atom. The number of hydrogen-bond acceptors (Lipinski definition) is 9. The van der Waals surface area contributed by atoms with Gasteiger partial charge in [0.2, 0.25) is 0 Å². The molecule has 240 valence electrons. The average Bonchev–Trinajstić information content (AvgIpc) is 3.04. The highest BCUT2D eigenvalue weighted by atomic mass is 16.6. The number of esters is 4. The second-order valence-corrected chi connectivity index (χ2v) is 10.4. The molecule has 0 N–H and O–H groups in total. The molecule has 9 heteroatoms. The highest BCUT2D eigenvalue weighted by Gasteiger charge is 2.16. The van der Waals surface area contributed by atoms with Crippen molar-refractivity contribution in [2.75, 3.05) is 26.4 Å². The molecular formula is C37H38O9. The number of carbonyl (C=O) groups is 4. The van der Waals surface area contributed by atoms with Gasteiger partial charge in [0.1, 0.15) is 37.9 Å². The van der Waals surface area contributed by atoms with E-state index < -0.39 is 23.9 Å². The molecule has 3 rings (SSSR count). The minimum absolute atomic E-state index is 0.0231. The Labute approximate surface area is 269 Å². The lowest BCUT2D eigenvalue weighted by atomic mass is 9.93. The molecule has 0 aliphatic carbocycles. The Hall–Kier alpha value is -5.44. The third kappa shape index (κ3) is 9.79. The maximum absolute atomic E-state index is 12.8. The van der Waals surface area contributed by atoms with Crippen LogP contribution in [0, 0.1) is 0 Å². The Kier molecular flexibility index (Phi) is 12.6. The third-order valence-electron chi connectivity index (χ3n) is 6.56. The summed E-state index contributed by atoms with van der Waals surface area (Å²) in [6.07, 6.45) is 0.725. The summed E-state index contributed by atoms with van der Waals surface area (Å²) >= 11 is 0. The van der Waals surface area contributed by atoms with E-state index in [-0.39, 0.29) is 43.1 Å². The van der Waals surface area contributed by atoms with Crippen molar-refractivity contribution >= 4 is 23.9 Å². The third-order valence-corrected chi connectivity index (χ3v) is 6.56. The van der Waals surface area contributed by atoms with Crippen LogP contribution in [-0.2, 0) is 35.0 Å². The van der Waals surface area contributed by atoms with Crippen LogP contribution in [0.2, 0.25) is 0 Å². The van der Waals surface area contributed by atoms with Crippen molar-refractivity contribution < 1.29 is 42.9 Å². The minimum atomic E-state index is -0.626. The average molecular weight is 627 g/mol. The number of carbonyl (C=O) groups excluding carboxylic acids is 4. The van der Waals surface area contributed by atoms with E-state index in [0.717, 1.165) is 28.7 Å². The maximum atomic E-state index is 12.8. The molecule has 0 aliphatic heterocycles. The van der Waals surface area contributed by atoms with Gasteiger partial charge in [-0.25, -0.2) is 19.2 Å². The summed E-state index contributed by atoms with van der Waals surface area (Å²) in [7, 11) is 0. The standard InChI is InChI=1S/C37H38O9/c1-8-26-21-28(11-15-31(26)27-9-13-30(14-10-27)46-36(40)25(6)7)32-16-12-29(37(41)45-20-19-44-35(39)24(4)5)22-33(32)42-17-18-43-34(38)23(2)3/h9-16,21-22H,2,4,6,8,17-20H2,1,3,5,7H3. The fourth-order valence-electron chi connectivity index (χ4n) is 4.12. The lowest BCUT2D eigenvalue weighted by molar-refractivity contribution is -0.140. The zero-order valence-electron chi connectivity index (χ0n) is 26.6. The summed E-state index contributed by atoms with van der Waals surface area (Å²) in [6.45, 7) is 17.2. The second kappa shape index (κ2) is 16.6. The summed E-state index contributed by atoms with van der Waals surface area (Å²) in [6, 6.07) is 18.2. The highest BCUT2D eigenvalue weighted by molar-refractivity contribution is 5.92. The van der Waals surface area contributed by atoms with Crippen LogP contribution in [0.15, 0.2) is 97.1 Å². The van der Waals surface area contributed by atoms with Crippen molar-refractivity contribution in [3.05, 3.63) is 108 Å². The van der Waals surface area contributed by atoms with Crippen LogP contribution in [0.25, 0.3) is 22.3 Å². The molecule has 0 amide bonds. The van der Waals surface area contributed by atoms with Gasteiger partial charge in [0.15, 0.2) is 0 Å². The molecule has 0 fully saturated rings. The van der Waals surface area contributed by atoms with Gasteiger partial charge in [0.05, 0.1) is 5.56 Å². The molecule has 0 spiro atoms. The highest BCUT2D eigenvalue weighted by Crippen LogP contribution is 2.35. The quantitative estimate of drug-likeness (QED) is 0.0588. The number of aryl methyl sites for hydroxylation is 1. The summed E-state index contributed by atoms with van der Waals surface area (Å²) in [5, 5.41) is 0. The fourth-order valence-corrected chi connectivity index (χ4v) is 4.12. The van der Waals surface area contributed by atoms with E-state index >= 15 is 0 Å². The van der Waals surface area contributed by atoms with E-state index in [2.05, 4.69) is 19.7 Å². The Bertz CT molecular complexity index is 1650. The lowest BCUT2D eigenvalue weighted by Gasteiger charge is -2.16. The molecule has 0 aliphatic rings. The molecule has 46 heavy (non-hydrogen) atoms. The van der Waals surface area contributed by atoms with Gasteiger partial charge in [-0.05, 0) is 79.8 Å². The van der Waals surface area contributed by atoms with E-state index in [4.69, 9.17) is 23.7 Å². The zero-order valence-corrected chi connectivity index (χ0v) is 26.6. The minimum Gasteiger partial charge on any atom is -0.489 e. The molecule has 3 aromatic carbocycles. The van der Waals surface area contributed by atoms with E-state index in [1.165, 1.54) is 6.92 Å². The van der Waals surface area contributed by atoms with Gasteiger partial charge in [-0.2, -0.15) is 0 Å². The predicted octanol–water partition coefficient (Wildman–Crippen LogP) is 6.84. The van der Waals surface area contributed by atoms with Gasteiger partial charge in [-0.15, -0.1) is 0 Å². The molecule has 0 heterocycles. The van der Waals surface area contributed by atoms with Gasteiger partial charge in [0, 0.05) is 22.3 Å². The topological polar surface area (TPSA) is 114 Å². The number of ether oxygens (including phenoxy) is 5. The number of hydrogen-bond donors (Lipinski definition) is 0. The lowest BCUT2D eigenvalue weighted by Crippen LogP contribution is -2.15. The van der Waals surface area contributed by atoms with E-state index in [0.29, 0.717) is 22.6 Å². The van der Waals surface area contributed by atoms with Crippen LogP contribution < -0.4 is 9.47 Å². The van der Waals surface area contributed by atoms with Gasteiger partial charge in [0.25, 0.3) is 0 Å². The summed E-state index contributed by atoms with van der Waals surface area (Å²) < 4.78 is 26.7. The van der Waals surface area contributed by atoms with Crippen molar-refractivity contribution in [3.63, 3.8) is 0 Å². The first kappa shape index (κ1) is 35.0. The summed E-state index contributed by atoms with van der Waals surface area (Å²) in [5.41, 5.74) is 5.62. The summed E-state index contributed by atoms with van der Waals surface area (Å²) in [5.74, 6) is -1.40.